The van der Waals surface area contributed by atoms with E-state index in [1.54, 1.807) is 7.11 Å². The number of hydrogen-bond acceptors (Lipinski definition) is 3. The fourth-order valence-corrected chi connectivity index (χ4v) is 7.40. The lowest BCUT2D eigenvalue weighted by molar-refractivity contribution is -0.147. The zero-order valence-corrected chi connectivity index (χ0v) is 20.5. The van der Waals surface area contributed by atoms with Gasteiger partial charge in [-0.1, -0.05) is 43.6 Å². The molecule has 2 bridgehead atoms. The SMILES string of the molecule is CCc1cc2c(cc1OCOC)C[C@]13CC[C@H](Br)C(C)(C)[C@@H]1CC[C@@](C)(O2)[C@H]3C. The van der Waals surface area contributed by atoms with Crippen LogP contribution in [0.1, 0.15) is 71.4 Å². The van der Waals surface area contributed by atoms with E-state index < -0.39 is 0 Å². The van der Waals surface area contributed by atoms with Gasteiger partial charge in [-0.05, 0) is 85.5 Å². The summed E-state index contributed by atoms with van der Waals surface area (Å²) < 4.78 is 18.0. The average molecular weight is 465 g/mol. The van der Waals surface area contributed by atoms with Gasteiger partial charge in [0.25, 0.3) is 0 Å². The number of rotatable bonds is 4. The minimum atomic E-state index is -0.100. The van der Waals surface area contributed by atoms with Crippen LogP contribution in [0.2, 0.25) is 0 Å². The first-order chi connectivity index (χ1) is 13.7. The molecule has 3 aliphatic rings. The lowest BCUT2D eigenvalue weighted by atomic mass is 9.44. The Hall–Kier alpha value is -0.740. The molecule has 0 saturated heterocycles. The van der Waals surface area contributed by atoms with Crippen molar-refractivity contribution in [1.29, 1.82) is 0 Å². The third-order valence-electron chi connectivity index (χ3n) is 8.79. The van der Waals surface area contributed by atoms with Crippen LogP contribution in [-0.2, 0) is 17.6 Å². The fraction of sp³-hybridized carbons (Fsp3) is 0.760. The van der Waals surface area contributed by atoms with Crippen molar-refractivity contribution in [2.24, 2.45) is 22.7 Å². The highest BCUT2D eigenvalue weighted by Crippen LogP contribution is 2.66. The monoisotopic (exact) mass is 464 g/mol. The number of fused-ring (bicyclic) bond motifs is 2. The van der Waals surface area contributed by atoms with Crippen LogP contribution in [0.15, 0.2) is 12.1 Å². The van der Waals surface area contributed by atoms with E-state index in [1.165, 1.54) is 30.4 Å². The summed E-state index contributed by atoms with van der Waals surface area (Å²) in [6.07, 6.45) is 6.89. The van der Waals surface area contributed by atoms with Gasteiger partial charge >= 0.3 is 0 Å². The third kappa shape index (κ3) is 3.24. The molecule has 2 fully saturated rings. The van der Waals surface area contributed by atoms with Gasteiger partial charge in [0, 0.05) is 17.9 Å². The van der Waals surface area contributed by atoms with Crippen molar-refractivity contribution in [3.8, 4) is 11.5 Å². The average Bonchev–Trinajstić information content (AvgIpc) is 2.73. The van der Waals surface area contributed by atoms with Crippen LogP contribution in [-0.4, -0.2) is 24.3 Å². The first-order valence-electron chi connectivity index (χ1n) is 11.3. The molecule has 4 rings (SSSR count). The molecule has 0 aromatic heterocycles. The number of alkyl halides is 1. The van der Waals surface area contributed by atoms with Crippen molar-refractivity contribution in [3.05, 3.63) is 23.3 Å². The second-order valence-corrected chi connectivity index (χ2v) is 11.5. The minimum absolute atomic E-state index is 0.100. The van der Waals surface area contributed by atoms with Crippen molar-refractivity contribution < 1.29 is 14.2 Å². The van der Waals surface area contributed by atoms with Gasteiger partial charge < -0.3 is 14.2 Å². The van der Waals surface area contributed by atoms with E-state index in [2.05, 4.69) is 62.7 Å². The number of halogens is 1. The Morgan fingerprint density at radius 3 is 2.62 bits per heavy atom. The molecule has 2 aliphatic carbocycles. The Balaban J connectivity index is 1.83. The van der Waals surface area contributed by atoms with Crippen LogP contribution in [0, 0.1) is 22.7 Å². The van der Waals surface area contributed by atoms with Crippen LogP contribution in [0.4, 0.5) is 0 Å². The minimum Gasteiger partial charge on any atom is -0.487 e. The Labute approximate surface area is 185 Å². The largest absolute Gasteiger partial charge is 0.487 e. The topological polar surface area (TPSA) is 27.7 Å². The molecule has 1 aromatic carbocycles. The maximum Gasteiger partial charge on any atom is 0.188 e. The van der Waals surface area contributed by atoms with E-state index in [0.29, 0.717) is 16.7 Å². The van der Waals surface area contributed by atoms with Crippen molar-refractivity contribution >= 4 is 15.9 Å². The molecule has 1 heterocycles. The number of ether oxygens (including phenoxy) is 3. The summed E-state index contributed by atoms with van der Waals surface area (Å²) in [6, 6.07) is 4.49. The normalized spacial score (nSPS) is 37.7. The Morgan fingerprint density at radius 1 is 1.17 bits per heavy atom. The van der Waals surface area contributed by atoms with E-state index in [4.69, 9.17) is 14.2 Å². The summed E-state index contributed by atoms with van der Waals surface area (Å²) >= 11 is 4.04. The van der Waals surface area contributed by atoms with Crippen LogP contribution in [0.25, 0.3) is 0 Å². The predicted molar refractivity (Wildman–Crippen MR) is 121 cm³/mol. The molecule has 5 atom stereocenters. The van der Waals surface area contributed by atoms with Crippen molar-refractivity contribution in [3.63, 3.8) is 0 Å². The highest BCUT2D eigenvalue weighted by Gasteiger charge is 2.62. The molecule has 0 N–H and O–H groups in total. The Kier molecular flexibility index (Phi) is 5.51. The highest BCUT2D eigenvalue weighted by molar-refractivity contribution is 9.09. The number of benzene rings is 1. The quantitative estimate of drug-likeness (QED) is 0.373. The molecule has 1 spiro atoms. The van der Waals surface area contributed by atoms with Crippen LogP contribution >= 0.6 is 15.9 Å². The van der Waals surface area contributed by atoms with Crippen molar-refractivity contribution in [1.82, 2.24) is 0 Å². The summed E-state index contributed by atoms with van der Waals surface area (Å²) in [5.41, 5.74) is 2.98. The highest BCUT2D eigenvalue weighted by atomic mass is 79.9. The number of hydrogen-bond donors (Lipinski definition) is 0. The summed E-state index contributed by atoms with van der Waals surface area (Å²) in [7, 11) is 1.67. The van der Waals surface area contributed by atoms with Crippen LogP contribution < -0.4 is 9.47 Å². The maximum absolute atomic E-state index is 6.87. The van der Waals surface area contributed by atoms with E-state index in [9.17, 15) is 0 Å². The van der Waals surface area contributed by atoms with E-state index >= 15 is 0 Å². The smallest absolute Gasteiger partial charge is 0.188 e. The molecule has 4 heteroatoms. The first-order valence-corrected chi connectivity index (χ1v) is 12.2. The number of aryl methyl sites for hydroxylation is 1. The van der Waals surface area contributed by atoms with E-state index in [-0.39, 0.29) is 23.2 Å². The molecule has 3 nitrogen and oxygen atoms in total. The molecule has 1 aromatic rings. The predicted octanol–water partition coefficient (Wildman–Crippen LogP) is 6.54. The molecule has 0 unspecified atom stereocenters. The summed E-state index contributed by atoms with van der Waals surface area (Å²) in [5, 5.41) is 0. The van der Waals surface area contributed by atoms with Gasteiger partial charge in [0.15, 0.2) is 6.79 Å². The lowest BCUT2D eigenvalue weighted by Crippen LogP contribution is -2.61. The van der Waals surface area contributed by atoms with E-state index in [0.717, 1.165) is 30.8 Å². The second kappa shape index (κ2) is 7.44. The Morgan fingerprint density at radius 2 is 1.93 bits per heavy atom. The molecule has 1 aliphatic heterocycles. The fourth-order valence-electron chi connectivity index (χ4n) is 6.85. The maximum atomic E-state index is 6.87. The van der Waals surface area contributed by atoms with Gasteiger partial charge in [0.05, 0.1) is 0 Å². The molecule has 0 amide bonds. The molecule has 162 valence electrons. The van der Waals surface area contributed by atoms with Gasteiger partial charge in [0.2, 0.25) is 0 Å². The van der Waals surface area contributed by atoms with Crippen LogP contribution in [0.5, 0.6) is 11.5 Å². The lowest BCUT2D eigenvalue weighted by Gasteiger charge is -2.62. The molecule has 0 radical (unpaired) electrons. The second-order valence-electron chi connectivity index (χ2n) is 10.4. The van der Waals surface area contributed by atoms with Gasteiger partial charge in [-0.15, -0.1) is 0 Å². The Bertz CT molecular complexity index is 776. The summed E-state index contributed by atoms with van der Waals surface area (Å²) in [4.78, 5) is 0.592. The first kappa shape index (κ1) is 21.5. The van der Waals surface area contributed by atoms with E-state index in [1.807, 2.05) is 0 Å². The summed E-state index contributed by atoms with van der Waals surface area (Å²) in [5.74, 6) is 3.25. The molecular formula is C25H37BrO3. The zero-order valence-electron chi connectivity index (χ0n) is 18.9. The molecular weight excluding hydrogens is 428 g/mol. The van der Waals surface area contributed by atoms with Gasteiger partial charge in [0.1, 0.15) is 17.1 Å². The third-order valence-corrected chi connectivity index (χ3v) is 10.4. The van der Waals surface area contributed by atoms with Gasteiger partial charge in [-0.25, -0.2) is 0 Å². The van der Waals surface area contributed by atoms with Gasteiger partial charge in [-0.3, -0.25) is 0 Å². The van der Waals surface area contributed by atoms with Crippen LogP contribution in [0.3, 0.4) is 0 Å². The van der Waals surface area contributed by atoms with Gasteiger partial charge in [-0.2, -0.15) is 0 Å². The number of methoxy groups -OCH3 is 1. The standard InChI is InChI=1S/C25H37BrO3/c1-7-17-12-20-18(13-19(17)28-15-27-6)14-25-11-9-22(26)23(3,4)21(25)8-10-24(5,29-20)16(25)2/h12-13,16,21-22H,7-11,14-15H2,1-6H3/t16-,21+,22+,24-,25+/m1/s1. The molecule has 2 saturated carbocycles. The van der Waals surface area contributed by atoms with Crippen molar-refractivity contribution in [2.45, 2.75) is 83.6 Å². The summed E-state index contributed by atoms with van der Waals surface area (Å²) in [6.45, 7) is 12.2. The zero-order chi connectivity index (χ0) is 21.0. The van der Waals surface area contributed by atoms with Crippen molar-refractivity contribution in [2.75, 3.05) is 13.9 Å². The molecule has 29 heavy (non-hydrogen) atoms.